The molecule has 34 heavy (non-hydrogen) atoms. The highest BCUT2D eigenvalue weighted by molar-refractivity contribution is 5.92. The van der Waals surface area contributed by atoms with Crippen molar-refractivity contribution < 1.29 is 23.1 Å². The number of benzene rings is 1. The first-order valence-corrected chi connectivity index (χ1v) is 11.4. The number of halogens is 2. The van der Waals surface area contributed by atoms with Crippen molar-refractivity contribution in [1.82, 2.24) is 10.3 Å². The van der Waals surface area contributed by atoms with Crippen LogP contribution < -0.4 is 15.4 Å². The van der Waals surface area contributed by atoms with E-state index in [9.17, 15) is 23.6 Å². The van der Waals surface area contributed by atoms with E-state index in [1.165, 1.54) is 25.3 Å². The first kappa shape index (κ1) is 23.6. The van der Waals surface area contributed by atoms with Gasteiger partial charge in [-0.05, 0) is 56.7 Å². The fraction of sp³-hybridized carbons (Fsp3) is 0.440. The van der Waals surface area contributed by atoms with Crippen LogP contribution in [0.25, 0.3) is 11.1 Å². The van der Waals surface area contributed by atoms with Crippen LogP contribution in [0.15, 0.2) is 30.5 Å². The van der Waals surface area contributed by atoms with E-state index in [1.54, 1.807) is 0 Å². The molecule has 9 heteroatoms. The number of aromatic nitrogens is 1. The van der Waals surface area contributed by atoms with E-state index in [-0.39, 0.29) is 40.9 Å². The van der Waals surface area contributed by atoms with Gasteiger partial charge in [-0.2, -0.15) is 5.26 Å². The van der Waals surface area contributed by atoms with Gasteiger partial charge in [0.15, 0.2) is 0 Å². The molecule has 0 spiro atoms. The van der Waals surface area contributed by atoms with E-state index in [2.05, 4.69) is 21.7 Å². The number of nitriles is 1. The highest BCUT2D eigenvalue weighted by Gasteiger charge is 2.45. The zero-order valence-electron chi connectivity index (χ0n) is 18.9. The molecule has 2 N–H and O–H groups in total. The number of rotatable bonds is 6. The van der Waals surface area contributed by atoms with Crippen molar-refractivity contribution in [3.05, 3.63) is 42.1 Å². The SMILES string of the molecule is COc1cc(F)ccc1-c1cc(NC(=O)C2CCCC(NC(=O)C3(C#N)CCC3)C2)ncc1F. The Morgan fingerprint density at radius 1 is 1.18 bits per heavy atom. The third kappa shape index (κ3) is 4.72. The molecular formula is C25H26F2N4O3. The number of nitrogens with zero attached hydrogens (tertiary/aromatic N) is 2. The quantitative estimate of drug-likeness (QED) is 0.656. The highest BCUT2D eigenvalue weighted by atomic mass is 19.1. The maximum absolute atomic E-state index is 14.5. The van der Waals surface area contributed by atoms with Crippen LogP contribution in [-0.4, -0.2) is 29.9 Å². The van der Waals surface area contributed by atoms with Crippen LogP contribution in [-0.2, 0) is 9.59 Å². The maximum Gasteiger partial charge on any atom is 0.240 e. The Labute approximate surface area is 196 Å². The maximum atomic E-state index is 14.5. The summed E-state index contributed by atoms with van der Waals surface area (Å²) in [5.74, 6) is -1.69. The van der Waals surface area contributed by atoms with Crippen LogP contribution in [0.1, 0.15) is 44.9 Å². The Kier molecular flexibility index (Phi) is 6.77. The molecule has 1 aromatic heterocycles. The molecule has 0 radical (unpaired) electrons. The van der Waals surface area contributed by atoms with Crippen molar-refractivity contribution in [2.45, 2.75) is 51.0 Å². The summed E-state index contributed by atoms with van der Waals surface area (Å²) >= 11 is 0. The zero-order valence-corrected chi connectivity index (χ0v) is 18.9. The monoisotopic (exact) mass is 468 g/mol. The minimum Gasteiger partial charge on any atom is -0.496 e. The molecule has 0 saturated heterocycles. The molecule has 2 aliphatic rings. The summed E-state index contributed by atoms with van der Waals surface area (Å²) in [5, 5.41) is 15.1. The lowest BCUT2D eigenvalue weighted by atomic mass is 9.69. The van der Waals surface area contributed by atoms with Gasteiger partial charge in [0.25, 0.3) is 0 Å². The van der Waals surface area contributed by atoms with Crippen molar-refractivity contribution in [2.24, 2.45) is 11.3 Å². The van der Waals surface area contributed by atoms with Gasteiger partial charge in [0.2, 0.25) is 11.8 Å². The number of amides is 2. The van der Waals surface area contributed by atoms with E-state index < -0.39 is 17.0 Å². The van der Waals surface area contributed by atoms with Crippen LogP contribution in [0, 0.1) is 34.3 Å². The molecule has 7 nitrogen and oxygen atoms in total. The standard InChI is InChI=1S/C25H26F2N4O3/c1-34-21-11-16(26)6-7-18(21)19-12-22(29-13-20(19)27)31-23(32)15-4-2-5-17(10-15)30-24(33)25(14-28)8-3-9-25/h6-7,11-13,15,17H,2-5,8-10H2,1H3,(H,30,33)(H,29,31,32). The van der Waals surface area contributed by atoms with Gasteiger partial charge in [-0.1, -0.05) is 6.42 Å². The number of ether oxygens (including phenoxy) is 1. The molecule has 0 aliphatic heterocycles. The lowest BCUT2D eigenvalue weighted by Gasteiger charge is -2.36. The smallest absolute Gasteiger partial charge is 0.240 e. The fourth-order valence-corrected chi connectivity index (χ4v) is 4.63. The number of nitrogens with one attached hydrogen (secondary N) is 2. The molecule has 2 amide bonds. The minimum atomic E-state index is -0.926. The molecule has 1 heterocycles. The first-order chi connectivity index (χ1) is 16.3. The van der Waals surface area contributed by atoms with E-state index in [0.717, 1.165) is 31.5 Å². The predicted octanol–water partition coefficient (Wildman–Crippen LogP) is 4.34. The van der Waals surface area contributed by atoms with Crippen LogP contribution in [0.5, 0.6) is 5.75 Å². The molecule has 4 rings (SSSR count). The Morgan fingerprint density at radius 3 is 2.65 bits per heavy atom. The van der Waals surface area contributed by atoms with Crippen LogP contribution in [0.3, 0.4) is 0 Å². The molecular weight excluding hydrogens is 442 g/mol. The number of hydrogen-bond acceptors (Lipinski definition) is 5. The summed E-state index contributed by atoms with van der Waals surface area (Å²) in [4.78, 5) is 29.5. The van der Waals surface area contributed by atoms with Gasteiger partial charge in [0.1, 0.15) is 28.6 Å². The summed E-state index contributed by atoms with van der Waals surface area (Å²) in [6.45, 7) is 0. The number of anilines is 1. The molecule has 2 fully saturated rings. The van der Waals surface area contributed by atoms with Gasteiger partial charge in [0, 0.05) is 29.2 Å². The summed E-state index contributed by atoms with van der Waals surface area (Å²) in [5.41, 5.74) is -0.467. The zero-order chi connectivity index (χ0) is 24.3. The van der Waals surface area contributed by atoms with Gasteiger partial charge in [-0.3, -0.25) is 9.59 Å². The van der Waals surface area contributed by atoms with Gasteiger partial charge in [-0.25, -0.2) is 13.8 Å². The van der Waals surface area contributed by atoms with Crippen LogP contribution >= 0.6 is 0 Å². The van der Waals surface area contributed by atoms with E-state index in [4.69, 9.17) is 4.74 Å². The number of carbonyl (C=O) groups is 2. The summed E-state index contributed by atoms with van der Waals surface area (Å²) in [6, 6.07) is 7.12. The van der Waals surface area contributed by atoms with Crippen molar-refractivity contribution in [3.63, 3.8) is 0 Å². The molecule has 178 valence electrons. The third-order valence-electron chi connectivity index (χ3n) is 6.80. The van der Waals surface area contributed by atoms with Crippen molar-refractivity contribution in [2.75, 3.05) is 12.4 Å². The molecule has 0 bridgehead atoms. The van der Waals surface area contributed by atoms with Crippen LogP contribution in [0.2, 0.25) is 0 Å². The Hall–Kier alpha value is -3.54. The first-order valence-electron chi connectivity index (χ1n) is 11.4. The highest BCUT2D eigenvalue weighted by Crippen LogP contribution is 2.41. The van der Waals surface area contributed by atoms with E-state index >= 15 is 0 Å². The molecule has 2 atom stereocenters. The third-order valence-corrected chi connectivity index (χ3v) is 6.80. The van der Waals surface area contributed by atoms with Gasteiger partial charge in [-0.15, -0.1) is 0 Å². The van der Waals surface area contributed by atoms with E-state index in [1.807, 2.05) is 0 Å². The lowest BCUT2D eigenvalue weighted by Crippen LogP contribution is -2.50. The summed E-state index contributed by atoms with van der Waals surface area (Å²) in [6.07, 6.45) is 5.63. The fourth-order valence-electron chi connectivity index (χ4n) is 4.63. The minimum absolute atomic E-state index is 0.123. The number of carbonyl (C=O) groups excluding carboxylic acids is 2. The number of hydrogen-bond donors (Lipinski definition) is 2. The summed E-state index contributed by atoms with van der Waals surface area (Å²) in [7, 11) is 1.36. The average molecular weight is 469 g/mol. The number of methoxy groups -OCH3 is 1. The van der Waals surface area contributed by atoms with Crippen LogP contribution in [0.4, 0.5) is 14.6 Å². The second-order valence-corrected chi connectivity index (χ2v) is 8.96. The van der Waals surface area contributed by atoms with Gasteiger partial charge < -0.3 is 15.4 Å². The second kappa shape index (κ2) is 9.75. The Morgan fingerprint density at radius 2 is 1.97 bits per heavy atom. The summed E-state index contributed by atoms with van der Waals surface area (Å²) < 4.78 is 33.2. The normalized spacial score (nSPS) is 21.0. The molecule has 2 saturated carbocycles. The molecule has 2 unspecified atom stereocenters. The van der Waals surface area contributed by atoms with Gasteiger partial charge in [0.05, 0.1) is 19.4 Å². The number of pyridine rings is 1. The second-order valence-electron chi connectivity index (χ2n) is 8.96. The predicted molar refractivity (Wildman–Crippen MR) is 121 cm³/mol. The Bertz CT molecular complexity index is 1140. The lowest BCUT2D eigenvalue weighted by molar-refractivity contribution is -0.133. The Balaban J connectivity index is 1.44. The molecule has 2 aliphatic carbocycles. The van der Waals surface area contributed by atoms with E-state index in [0.29, 0.717) is 31.2 Å². The van der Waals surface area contributed by atoms with Gasteiger partial charge >= 0.3 is 0 Å². The average Bonchev–Trinajstić information content (AvgIpc) is 2.80. The molecule has 1 aromatic carbocycles. The van der Waals surface area contributed by atoms with Crippen molar-refractivity contribution >= 4 is 17.6 Å². The largest absolute Gasteiger partial charge is 0.496 e. The van der Waals surface area contributed by atoms with Crippen molar-refractivity contribution in [1.29, 1.82) is 5.26 Å². The van der Waals surface area contributed by atoms with Crippen molar-refractivity contribution in [3.8, 4) is 22.9 Å². The molecule has 2 aromatic rings. The topological polar surface area (TPSA) is 104 Å².